The number of methoxy groups -OCH3 is 1. The molecule has 2 aromatic rings. The molecule has 0 saturated heterocycles. The molecule has 1 heterocycles. The van der Waals surface area contributed by atoms with E-state index in [9.17, 15) is 4.39 Å². The second-order valence-electron chi connectivity index (χ2n) is 4.19. The van der Waals surface area contributed by atoms with Crippen LogP contribution in [0.25, 0.3) is 0 Å². The van der Waals surface area contributed by atoms with Gasteiger partial charge in [0.2, 0.25) is 0 Å². The van der Waals surface area contributed by atoms with E-state index in [0.29, 0.717) is 0 Å². The van der Waals surface area contributed by atoms with Gasteiger partial charge in [-0.2, -0.15) is 0 Å². The van der Waals surface area contributed by atoms with E-state index in [2.05, 4.69) is 21.2 Å². The van der Waals surface area contributed by atoms with Crippen LogP contribution in [-0.2, 0) is 6.54 Å². The van der Waals surface area contributed by atoms with Crippen molar-refractivity contribution in [2.24, 2.45) is 0 Å². The highest BCUT2D eigenvalue weighted by atomic mass is 79.9. The van der Waals surface area contributed by atoms with Crippen molar-refractivity contribution in [1.29, 1.82) is 0 Å². The zero-order chi connectivity index (χ0) is 13.8. The standard InChI is InChI=1S/C14H15BrFNOS/c1-9(17-8-14-11(15)5-6-19-14)10-3-4-13(18-2)12(16)7-10/h3-7,9,17H,8H2,1-2H3. The molecule has 19 heavy (non-hydrogen) atoms. The summed E-state index contributed by atoms with van der Waals surface area (Å²) in [5.41, 5.74) is 0.908. The van der Waals surface area contributed by atoms with Gasteiger partial charge in [0.15, 0.2) is 11.6 Å². The maximum Gasteiger partial charge on any atom is 0.165 e. The normalized spacial score (nSPS) is 12.4. The van der Waals surface area contributed by atoms with Gasteiger partial charge in [0.05, 0.1) is 7.11 Å². The Kier molecular flexibility index (Phi) is 4.96. The SMILES string of the molecule is COc1ccc(C(C)NCc2sccc2Br)cc1F. The molecule has 1 aromatic heterocycles. The van der Waals surface area contributed by atoms with Crippen molar-refractivity contribution in [2.75, 3.05) is 7.11 Å². The first-order valence-corrected chi connectivity index (χ1v) is 7.57. The number of rotatable bonds is 5. The number of nitrogens with one attached hydrogen (secondary N) is 1. The van der Waals surface area contributed by atoms with Crippen LogP contribution in [-0.4, -0.2) is 7.11 Å². The average molecular weight is 344 g/mol. The number of thiophene rings is 1. The topological polar surface area (TPSA) is 21.3 Å². The summed E-state index contributed by atoms with van der Waals surface area (Å²) < 4.78 is 19.7. The van der Waals surface area contributed by atoms with Gasteiger partial charge in [-0.25, -0.2) is 4.39 Å². The summed E-state index contributed by atoms with van der Waals surface area (Å²) in [5, 5.41) is 5.42. The van der Waals surface area contributed by atoms with Crippen molar-refractivity contribution < 1.29 is 9.13 Å². The maximum absolute atomic E-state index is 13.6. The molecule has 0 saturated carbocycles. The zero-order valence-electron chi connectivity index (χ0n) is 10.7. The molecule has 1 aromatic carbocycles. The third-order valence-electron chi connectivity index (χ3n) is 2.94. The molecule has 102 valence electrons. The molecule has 0 bridgehead atoms. The predicted octanol–water partition coefficient (Wildman–Crippen LogP) is 4.51. The summed E-state index contributed by atoms with van der Waals surface area (Å²) in [5.74, 6) is -0.0529. The van der Waals surface area contributed by atoms with E-state index >= 15 is 0 Å². The van der Waals surface area contributed by atoms with Crippen molar-refractivity contribution in [3.8, 4) is 5.75 Å². The smallest absolute Gasteiger partial charge is 0.165 e. The number of ether oxygens (including phenoxy) is 1. The molecule has 0 radical (unpaired) electrons. The Labute approximate surface area is 124 Å². The van der Waals surface area contributed by atoms with Gasteiger partial charge in [-0.3, -0.25) is 0 Å². The molecule has 0 fully saturated rings. The number of benzene rings is 1. The van der Waals surface area contributed by atoms with Gasteiger partial charge < -0.3 is 10.1 Å². The van der Waals surface area contributed by atoms with Crippen LogP contribution in [0.5, 0.6) is 5.75 Å². The molecule has 1 N–H and O–H groups in total. The van der Waals surface area contributed by atoms with Gasteiger partial charge in [0, 0.05) is 21.9 Å². The molecule has 5 heteroatoms. The Morgan fingerprint density at radius 3 is 2.79 bits per heavy atom. The van der Waals surface area contributed by atoms with Crippen molar-refractivity contribution in [2.45, 2.75) is 19.5 Å². The highest BCUT2D eigenvalue weighted by Gasteiger charge is 2.10. The lowest BCUT2D eigenvalue weighted by atomic mass is 10.1. The van der Waals surface area contributed by atoms with Crippen LogP contribution in [0.3, 0.4) is 0 Å². The van der Waals surface area contributed by atoms with E-state index in [1.54, 1.807) is 17.4 Å². The first-order valence-electron chi connectivity index (χ1n) is 5.90. The summed E-state index contributed by atoms with van der Waals surface area (Å²) in [6.45, 7) is 2.77. The first kappa shape index (κ1) is 14.5. The number of hydrogen-bond donors (Lipinski definition) is 1. The molecule has 0 aliphatic carbocycles. The van der Waals surface area contributed by atoms with Gasteiger partial charge in [0.25, 0.3) is 0 Å². The molecule has 1 unspecified atom stereocenters. The van der Waals surface area contributed by atoms with Crippen LogP contribution < -0.4 is 10.1 Å². The van der Waals surface area contributed by atoms with Crippen LogP contribution in [0, 0.1) is 5.82 Å². The lowest BCUT2D eigenvalue weighted by Crippen LogP contribution is -2.17. The number of hydrogen-bond acceptors (Lipinski definition) is 3. The molecule has 0 aliphatic heterocycles. The van der Waals surface area contributed by atoms with Gasteiger partial charge >= 0.3 is 0 Å². The molecule has 2 nitrogen and oxygen atoms in total. The summed E-state index contributed by atoms with van der Waals surface area (Å²) in [6, 6.07) is 7.15. The third-order valence-corrected chi connectivity index (χ3v) is 4.86. The Hall–Kier alpha value is -0.910. The Bertz CT molecular complexity index is 558. The van der Waals surface area contributed by atoms with E-state index in [-0.39, 0.29) is 17.6 Å². The van der Waals surface area contributed by atoms with E-state index in [1.165, 1.54) is 18.1 Å². The van der Waals surface area contributed by atoms with E-state index in [1.807, 2.05) is 24.4 Å². The van der Waals surface area contributed by atoms with Gasteiger partial charge in [-0.05, 0) is 52.0 Å². The minimum atomic E-state index is -0.328. The van der Waals surface area contributed by atoms with Crippen LogP contribution in [0.2, 0.25) is 0 Å². The van der Waals surface area contributed by atoms with Crippen molar-refractivity contribution in [1.82, 2.24) is 5.32 Å². The monoisotopic (exact) mass is 343 g/mol. The minimum Gasteiger partial charge on any atom is -0.494 e. The fraction of sp³-hybridized carbons (Fsp3) is 0.286. The molecular formula is C14H15BrFNOS. The fourth-order valence-corrected chi connectivity index (χ4v) is 3.21. The molecule has 1 atom stereocenters. The molecule has 0 amide bonds. The summed E-state index contributed by atoms with van der Waals surface area (Å²) in [4.78, 5) is 1.24. The molecule has 2 rings (SSSR count). The highest BCUT2D eigenvalue weighted by Crippen LogP contribution is 2.25. The Morgan fingerprint density at radius 1 is 1.42 bits per heavy atom. The predicted molar refractivity (Wildman–Crippen MR) is 80.2 cm³/mol. The zero-order valence-corrected chi connectivity index (χ0v) is 13.1. The molecule has 0 spiro atoms. The first-order chi connectivity index (χ1) is 9.11. The van der Waals surface area contributed by atoms with E-state index < -0.39 is 0 Å². The fourth-order valence-electron chi connectivity index (χ4n) is 1.77. The molecular weight excluding hydrogens is 329 g/mol. The largest absolute Gasteiger partial charge is 0.494 e. The summed E-state index contributed by atoms with van der Waals surface area (Å²) >= 11 is 5.19. The van der Waals surface area contributed by atoms with E-state index in [4.69, 9.17) is 4.74 Å². The highest BCUT2D eigenvalue weighted by molar-refractivity contribution is 9.10. The second kappa shape index (κ2) is 6.50. The van der Waals surface area contributed by atoms with Crippen LogP contribution >= 0.6 is 27.3 Å². The Morgan fingerprint density at radius 2 is 2.21 bits per heavy atom. The van der Waals surface area contributed by atoms with Crippen LogP contribution in [0.1, 0.15) is 23.4 Å². The van der Waals surface area contributed by atoms with E-state index in [0.717, 1.165) is 16.6 Å². The minimum absolute atomic E-state index is 0.0782. The quantitative estimate of drug-likeness (QED) is 0.862. The average Bonchev–Trinajstić information content (AvgIpc) is 2.81. The second-order valence-corrected chi connectivity index (χ2v) is 6.04. The summed E-state index contributed by atoms with van der Waals surface area (Å²) in [6.07, 6.45) is 0. The third kappa shape index (κ3) is 3.55. The molecule has 0 aliphatic rings. The van der Waals surface area contributed by atoms with Gasteiger partial charge in [-0.1, -0.05) is 6.07 Å². The Balaban J connectivity index is 2.02. The van der Waals surface area contributed by atoms with Crippen molar-refractivity contribution >= 4 is 27.3 Å². The van der Waals surface area contributed by atoms with Crippen molar-refractivity contribution in [3.63, 3.8) is 0 Å². The van der Waals surface area contributed by atoms with Crippen LogP contribution in [0.4, 0.5) is 4.39 Å². The summed E-state index contributed by atoms with van der Waals surface area (Å²) in [7, 11) is 1.47. The maximum atomic E-state index is 13.6. The van der Waals surface area contributed by atoms with Gasteiger partial charge in [0.1, 0.15) is 0 Å². The lowest BCUT2D eigenvalue weighted by molar-refractivity contribution is 0.385. The van der Waals surface area contributed by atoms with Gasteiger partial charge in [-0.15, -0.1) is 11.3 Å². The van der Waals surface area contributed by atoms with Crippen molar-refractivity contribution in [3.05, 3.63) is 50.4 Å². The number of halogens is 2. The van der Waals surface area contributed by atoms with Crippen LogP contribution in [0.15, 0.2) is 34.1 Å². The lowest BCUT2D eigenvalue weighted by Gasteiger charge is -2.14.